The first-order valence-electron chi connectivity index (χ1n) is 12.5. The summed E-state index contributed by atoms with van der Waals surface area (Å²) in [7, 11) is 1.58. The highest BCUT2D eigenvalue weighted by Gasteiger charge is 2.31. The van der Waals surface area contributed by atoms with E-state index in [0.717, 1.165) is 25.1 Å². The van der Waals surface area contributed by atoms with E-state index in [-0.39, 0.29) is 33.7 Å². The van der Waals surface area contributed by atoms with Gasteiger partial charge in [-0.15, -0.1) is 11.3 Å². The molecule has 2 rings (SSSR count). The van der Waals surface area contributed by atoms with Crippen LogP contribution in [0.1, 0.15) is 85.7 Å². The number of carbonyl (C=O) groups excluding carboxylic acids is 2. The minimum atomic E-state index is -4.59. The normalized spacial score (nSPS) is 12.2. The average Bonchev–Trinajstić information content (AvgIpc) is 3.29. The van der Waals surface area contributed by atoms with Crippen molar-refractivity contribution in [3.05, 3.63) is 28.5 Å². The van der Waals surface area contributed by atoms with Crippen LogP contribution < -0.4 is 10.6 Å². The molecule has 2 aromatic rings. The second-order valence-electron chi connectivity index (χ2n) is 9.77. The summed E-state index contributed by atoms with van der Waals surface area (Å²) in [6, 6.07) is 0.630. The van der Waals surface area contributed by atoms with E-state index in [4.69, 9.17) is 0 Å². The molecule has 14 heteroatoms. The predicted octanol–water partition coefficient (Wildman–Crippen LogP) is 5.66. The summed E-state index contributed by atoms with van der Waals surface area (Å²) >= 11 is 0.684. The van der Waals surface area contributed by atoms with E-state index < -0.39 is 47.9 Å². The Hall–Kier alpha value is -2.87. The molecule has 0 atom stereocenters. The number of alkyl halides is 5. The molecule has 0 aliphatic heterocycles. The number of carbonyl (C=O) groups is 2. The zero-order valence-corrected chi connectivity index (χ0v) is 23.3. The topological polar surface area (TPSA) is 107 Å². The lowest BCUT2D eigenvalue weighted by Gasteiger charge is -2.27. The number of rotatable bonds is 13. The van der Waals surface area contributed by atoms with Gasteiger partial charge in [-0.25, -0.2) is 18.7 Å². The zero-order valence-electron chi connectivity index (χ0n) is 22.5. The summed E-state index contributed by atoms with van der Waals surface area (Å²) in [5.41, 5.74) is -2.38. The van der Waals surface area contributed by atoms with Crippen LogP contribution in [0.4, 0.5) is 27.8 Å². The Bertz CT molecular complexity index is 1130. The van der Waals surface area contributed by atoms with Crippen LogP contribution in [-0.4, -0.2) is 69.7 Å². The van der Waals surface area contributed by atoms with Crippen molar-refractivity contribution in [3.63, 3.8) is 0 Å². The highest BCUT2D eigenvalue weighted by atomic mass is 32.1. The van der Waals surface area contributed by atoms with Gasteiger partial charge in [0.25, 0.3) is 18.2 Å². The van der Waals surface area contributed by atoms with Gasteiger partial charge in [0, 0.05) is 37.0 Å². The van der Waals surface area contributed by atoms with Crippen LogP contribution in [0, 0.1) is 0 Å². The van der Waals surface area contributed by atoms with E-state index in [0.29, 0.717) is 24.2 Å². The van der Waals surface area contributed by atoms with Crippen molar-refractivity contribution in [2.45, 2.75) is 77.6 Å². The van der Waals surface area contributed by atoms with E-state index in [1.165, 1.54) is 18.7 Å². The molecule has 0 aliphatic rings. The first kappa shape index (κ1) is 32.3. The lowest BCUT2D eigenvalue weighted by atomic mass is 10.0. The summed E-state index contributed by atoms with van der Waals surface area (Å²) in [5, 5.41) is 14.2. The molecule has 8 nitrogen and oxygen atoms in total. The Morgan fingerprint density at radius 1 is 1.13 bits per heavy atom. The van der Waals surface area contributed by atoms with Crippen molar-refractivity contribution in [1.29, 1.82) is 0 Å². The number of thiazole rings is 1. The quantitative estimate of drug-likeness (QED) is 0.265. The molecule has 39 heavy (non-hydrogen) atoms. The van der Waals surface area contributed by atoms with Crippen LogP contribution in [0.25, 0.3) is 10.4 Å². The van der Waals surface area contributed by atoms with Gasteiger partial charge in [-0.05, 0) is 32.8 Å². The first-order chi connectivity index (χ1) is 18.1. The number of aromatic nitrogens is 2. The minimum absolute atomic E-state index is 0.0582. The molecule has 0 aromatic carbocycles. The summed E-state index contributed by atoms with van der Waals surface area (Å²) in [6.45, 7) is 5.27. The molecule has 0 fully saturated rings. The zero-order chi connectivity index (χ0) is 29.5. The Kier molecular flexibility index (Phi) is 11.2. The lowest BCUT2D eigenvalue weighted by Crippen LogP contribution is -2.38. The van der Waals surface area contributed by atoms with E-state index in [1.54, 1.807) is 7.05 Å². The van der Waals surface area contributed by atoms with Crippen LogP contribution in [0.2, 0.25) is 0 Å². The molecule has 0 saturated carbocycles. The summed E-state index contributed by atoms with van der Waals surface area (Å²) < 4.78 is 66.1. The number of nitrogens with zero attached hydrogens (tertiary/aromatic N) is 3. The number of amides is 2. The number of hydrogen-bond acceptors (Lipinski definition) is 7. The maximum atomic E-state index is 14.1. The van der Waals surface area contributed by atoms with E-state index in [9.17, 15) is 36.6 Å². The maximum absolute atomic E-state index is 14.1. The predicted molar refractivity (Wildman–Crippen MR) is 139 cm³/mol. The molecular weight excluding hydrogens is 545 g/mol. The van der Waals surface area contributed by atoms with Crippen molar-refractivity contribution in [3.8, 4) is 10.4 Å². The highest BCUT2D eigenvalue weighted by Crippen LogP contribution is 2.38. The molecule has 0 radical (unpaired) electrons. The molecule has 2 aromatic heterocycles. The Labute approximate surface area is 228 Å². The van der Waals surface area contributed by atoms with Gasteiger partial charge in [-0.2, -0.15) is 13.2 Å². The number of nitrogens with one attached hydrogen (secondary N) is 2. The van der Waals surface area contributed by atoms with Crippen LogP contribution in [0.15, 0.2) is 12.3 Å². The van der Waals surface area contributed by atoms with Crippen LogP contribution in [-0.2, 0) is 0 Å². The largest absolute Gasteiger partial charge is 0.405 e. The van der Waals surface area contributed by atoms with Crippen molar-refractivity contribution in [1.82, 2.24) is 20.2 Å². The van der Waals surface area contributed by atoms with E-state index >= 15 is 0 Å². The van der Waals surface area contributed by atoms with E-state index in [1.807, 2.05) is 19.2 Å². The highest BCUT2D eigenvalue weighted by molar-refractivity contribution is 7.17. The number of pyridine rings is 1. The molecule has 0 unspecified atom stereocenters. The van der Waals surface area contributed by atoms with Gasteiger partial charge in [0.05, 0.1) is 10.5 Å². The minimum Gasteiger partial charge on any atom is -0.389 e. The van der Waals surface area contributed by atoms with Crippen molar-refractivity contribution >= 4 is 29.0 Å². The second-order valence-corrected chi connectivity index (χ2v) is 10.8. The van der Waals surface area contributed by atoms with Gasteiger partial charge >= 0.3 is 6.18 Å². The lowest BCUT2D eigenvalue weighted by molar-refractivity contribution is -0.115. The fourth-order valence-corrected chi connectivity index (χ4v) is 4.78. The SMILES string of the molecule is CCCC(CCC)N(C)C(=O)c1nc(C(=O)NCC(C)(C)O)sc1-c1cnc(NCC(F)(F)F)cc1C(F)F. The second kappa shape index (κ2) is 13.5. The van der Waals surface area contributed by atoms with Crippen molar-refractivity contribution in [2.75, 3.05) is 25.5 Å². The Morgan fingerprint density at radius 3 is 2.26 bits per heavy atom. The Morgan fingerprint density at radius 2 is 1.74 bits per heavy atom. The van der Waals surface area contributed by atoms with Gasteiger partial charge in [0.1, 0.15) is 18.1 Å². The monoisotopic (exact) mass is 579 g/mol. The molecule has 0 bridgehead atoms. The van der Waals surface area contributed by atoms with Gasteiger partial charge in [0.2, 0.25) is 0 Å². The average molecular weight is 580 g/mol. The van der Waals surface area contributed by atoms with Gasteiger partial charge in [-0.3, -0.25) is 9.59 Å². The fraction of sp³-hybridized carbons (Fsp3) is 0.600. The third kappa shape index (κ3) is 9.38. The fourth-order valence-electron chi connectivity index (χ4n) is 3.78. The third-order valence-electron chi connectivity index (χ3n) is 5.70. The molecule has 3 N–H and O–H groups in total. The van der Waals surface area contributed by atoms with Crippen LogP contribution >= 0.6 is 11.3 Å². The summed E-state index contributed by atoms with van der Waals surface area (Å²) in [5.74, 6) is -1.73. The van der Waals surface area contributed by atoms with Gasteiger partial charge in [-0.1, -0.05) is 26.7 Å². The molecule has 0 spiro atoms. The van der Waals surface area contributed by atoms with Gasteiger partial charge < -0.3 is 20.6 Å². The van der Waals surface area contributed by atoms with Crippen molar-refractivity contribution in [2.24, 2.45) is 0 Å². The smallest absolute Gasteiger partial charge is 0.389 e. The van der Waals surface area contributed by atoms with Crippen LogP contribution in [0.5, 0.6) is 0 Å². The molecule has 2 amide bonds. The molecule has 0 saturated heterocycles. The molecule has 0 aliphatic carbocycles. The standard InChI is InChI=1S/C25H34F5N5O3S/c1-6-8-14(9-7-2)35(5)23(37)18-19(39-22(34-18)21(36)33-12-24(3,4)38)16-11-31-17(10-15(16)20(26)27)32-13-25(28,29)30/h10-11,14,20,38H,6-9,12-13H2,1-5H3,(H,31,32)(H,33,36). The number of aliphatic hydroxyl groups is 1. The first-order valence-corrected chi connectivity index (χ1v) is 13.3. The van der Waals surface area contributed by atoms with Gasteiger partial charge in [0.15, 0.2) is 5.01 Å². The summed E-state index contributed by atoms with van der Waals surface area (Å²) in [6.07, 6.45) is -3.80. The molecular formula is C25H34F5N5O3S. The molecule has 2 heterocycles. The van der Waals surface area contributed by atoms with Crippen molar-refractivity contribution < 1.29 is 36.6 Å². The third-order valence-corrected chi connectivity index (χ3v) is 6.79. The maximum Gasteiger partial charge on any atom is 0.405 e. The Balaban J connectivity index is 2.61. The number of halogens is 5. The summed E-state index contributed by atoms with van der Waals surface area (Å²) in [4.78, 5) is 35.8. The number of anilines is 1. The number of hydrogen-bond donors (Lipinski definition) is 3. The van der Waals surface area contributed by atoms with Crippen LogP contribution in [0.3, 0.4) is 0 Å². The van der Waals surface area contributed by atoms with E-state index in [2.05, 4.69) is 15.3 Å². The molecule has 218 valence electrons.